The van der Waals surface area contributed by atoms with Gasteiger partial charge in [-0.1, -0.05) is 0 Å². The fourth-order valence-corrected chi connectivity index (χ4v) is 0.571. The second-order valence-corrected chi connectivity index (χ2v) is 3.45. The van der Waals surface area contributed by atoms with Crippen LogP contribution in [0, 0.1) is 0 Å². The zero-order valence-corrected chi connectivity index (χ0v) is 8.66. The number of ether oxygens (including phenoxy) is 2. The van der Waals surface area contributed by atoms with Gasteiger partial charge in [0.15, 0.2) is 0 Å². The smallest absolute Gasteiger partial charge is 0.433 e. The highest BCUT2D eigenvalue weighted by atomic mass is 16.6. The molecule has 0 bridgehead atoms. The third-order valence-corrected chi connectivity index (χ3v) is 0.987. The molecule has 0 aliphatic rings. The molecule has 0 aromatic rings. The summed E-state index contributed by atoms with van der Waals surface area (Å²) in [5.74, 6) is 0. The first-order valence-corrected chi connectivity index (χ1v) is 4.29. The molecule has 0 radical (unpaired) electrons. The van der Waals surface area contributed by atoms with Gasteiger partial charge in [0.1, 0.15) is 5.60 Å². The molecule has 13 heavy (non-hydrogen) atoms. The van der Waals surface area contributed by atoms with Crippen molar-refractivity contribution >= 4 is 12.3 Å². The standard InChI is InChI=1S/C9H17NO3/c1-5-12-7-6-10-8(11)13-9(2,3)4/h6H,5,7H2,1-4H3. The van der Waals surface area contributed by atoms with Gasteiger partial charge in [-0.15, -0.1) is 0 Å². The second-order valence-electron chi connectivity index (χ2n) is 3.45. The van der Waals surface area contributed by atoms with Crippen LogP contribution in [0.15, 0.2) is 4.99 Å². The molecule has 0 unspecified atom stereocenters. The van der Waals surface area contributed by atoms with Crippen LogP contribution in [0.4, 0.5) is 4.79 Å². The van der Waals surface area contributed by atoms with E-state index < -0.39 is 11.7 Å². The van der Waals surface area contributed by atoms with Gasteiger partial charge in [-0.2, -0.15) is 4.99 Å². The Kier molecular flexibility index (Phi) is 5.30. The van der Waals surface area contributed by atoms with Crippen LogP contribution >= 0.6 is 0 Å². The first-order chi connectivity index (χ1) is 5.95. The van der Waals surface area contributed by atoms with Crippen LogP contribution in [-0.2, 0) is 9.47 Å². The maximum atomic E-state index is 10.9. The molecule has 0 aromatic heterocycles. The Morgan fingerprint density at radius 2 is 2.08 bits per heavy atom. The van der Waals surface area contributed by atoms with Gasteiger partial charge >= 0.3 is 6.09 Å². The summed E-state index contributed by atoms with van der Waals surface area (Å²) < 4.78 is 9.88. The summed E-state index contributed by atoms with van der Waals surface area (Å²) in [5, 5.41) is 0. The molecule has 0 saturated heterocycles. The van der Waals surface area contributed by atoms with Crippen LogP contribution in [0.25, 0.3) is 0 Å². The van der Waals surface area contributed by atoms with E-state index in [9.17, 15) is 4.79 Å². The number of hydrogen-bond donors (Lipinski definition) is 0. The minimum absolute atomic E-state index is 0.343. The fraction of sp³-hybridized carbons (Fsp3) is 0.778. The molecule has 0 aliphatic heterocycles. The topological polar surface area (TPSA) is 47.9 Å². The van der Waals surface area contributed by atoms with Crippen molar-refractivity contribution in [3.63, 3.8) is 0 Å². The van der Waals surface area contributed by atoms with Gasteiger partial charge < -0.3 is 9.47 Å². The highest BCUT2D eigenvalue weighted by Crippen LogP contribution is 2.07. The van der Waals surface area contributed by atoms with Crippen LogP contribution in [0.1, 0.15) is 27.7 Å². The van der Waals surface area contributed by atoms with E-state index in [2.05, 4.69) is 4.99 Å². The number of rotatable bonds is 3. The highest BCUT2D eigenvalue weighted by Gasteiger charge is 2.14. The fourth-order valence-electron chi connectivity index (χ4n) is 0.571. The molecular weight excluding hydrogens is 170 g/mol. The zero-order valence-electron chi connectivity index (χ0n) is 8.66. The van der Waals surface area contributed by atoms with Crippen LogP contribution < -0.4 is 0 Å². The van der Waals surface area contributed by atoms with Crippen molar-refractivity contribution in [1.82, 2.24) is 0 Å². The summed E-state index contributed by atoms with van der Waals surface area (Å²) in [6, 6.07) is 0. The first-order valence-electron chi connectivity index (χ1n) is 4.29. The van der Waals surface area contributed by atoms with Crippen molar-refractivity contribution in [1.29, 1.82) is 0 Å². The number of nitrogens with zero attached hydrogens (tertiary/aromatic N) is 1. The van der Waals surface area contributed by atoms with E-state index in [-0.39, 0.29) is 0 Å². The summed E-state index contributed by atoms with van der Waals surface area (Å²) in [5.41, 5.74) is -0.486. The number of hydrogen-bond acceptors (Lipinski definition) is 3. The molecule has 76 valence electrons. The Hall–Kier alpha value is -0.900. The molecule has 4 nitrogen and oxygen atoms in total. The van der Waals surface area contributed by atoms with Crippen LogP contribution in [0.2, 0.25) is 0 Å². The zero-order chi connectivity index (χ0) is 10.3. The molecule has 0 rings (SSSR count). The third kappa shape index (κ3) is 9.01. The summed E-state index contributed by atoms with van der Waals surface area (Å²) in [7, 11) is 0. The quantitative estimate of drug-likeness (QED) is 0.501. The minimum atomic E-state index is -0.577. The number of amides is 1. The van der Waals surface area contributed by atoms with Crippen molar-refractivity contribution < 1.29 is 14.3 Å². The van der Waals surface area contributed by atoms with E-state index in [0.717, 1.165) is 0 Å². The lowest BCUT2D eigenvalue weighted by atomic mass is 10.2. The lowest BCUT2D eigenvalue weighted by molar-refractivity contribution is 0.0603. The molecule has 0 heterocycles. The Bertz CT molecular complexity index is 182. The Balaban J connectivity index is 3.68. The van der Waals surface area contributed by atoms with Crippen molar-refractivity contribution in [2.24, 2.45) is 4.99 Å². The first kappa shape index (κ1) is 12.1. The van der Waals surface area contributed by atoms with E-state index in [4.69, 9.17) is 9.47 Å². The van der Waals surface area contributed by atoms with E-state index in [1.54, 1.807) is 20.8 Å². The number of carbonyl (C=O) groups is 1. The molecule has 0 N–H and O–H groups in total. The average Bonchev–Trinajstić information content (AvgIpc) is 1.94. The largest absolute Gasteiger partial charge is 0.442 e. The predicted octanol–water partition coefficient (Wildman–Crippen LogP) is 2.03. The molecule has 0 spiro atoms. The number of carbonyl (C=O) groups excluding carboxylic acids is 1. The van der Waals surface area contributed by atoms with Gasteiger partial charge in [0.25, 0.3) is 0 Å². The van der Waals surface area contributed by atoms with Crippen molar-refractivity contribution in [2.75, 3.05) is 13.2 Å². The highest BCUT2D eigenvalue weighted by molar-refractivity contribution is 5.79. The molecule has 0 fully saturated rings. The van der Waals surface area contributed by atoms with Crippen LogP contribution in [0.5, 0.6) is 0 Å². The van der Waals surface area contributed by atoms with Crippen molar-refractivity contribution in [3.8, 4) is 0 Å². The van der Waals surface area contributed by atoms with Gasteiger partial charge in [-0.3, -0.25) is 0 Å². The van der Waals surface area contributed by atoms with Crippen LogP contribution in [-0.4, -0.2) is 31.1 Å². The molecule has 0 saturated carbocycles. The van der Waals surface area contributed by atoms with E-state index >= 15 is 0 Å². The normalized spacial score (nSPS) is 12.0. The summed E-state index contributed by atoms with van der Waals surface area (Å²) in [6.45, 7) is 8.21. The molecule has 0 atom stereocenters. The van der Waals surface area contributed by atoms with Crippen LogP contribution in [0.3, 0.4) is 0 Å². The van der Waals surface area contributed by atoms with E-state index in [0.29, 0.717) is 13.2 Å². The van der Waals surface area contributed by atoms with E-state index in [1.165, 1.54) is 6.21 Å². The maximum absolute atomic E-state index is 10.9. The Morgan fingerprint density at radius 1 is 1.46 bits per heavy atom. The van der Waals surface area contributed by atoms with Gasteiger partial charge in [-0.05, 0) is 27.7 Å². The third-order valence-electron chi connectivity index (χ3n) is 0.987. The van der Waals surface area contributed by atoms with Gasteiger partial charge in [0.05, 0.1) is 6.61 Å². The maximum Gasteiger partial charge on any atom is 0.433 e. The molecule has 1 amide bonds. The monoisotopic (exact) mass is 187 g/mol. The molecular formula is C9H17NO3. The Labute approximate surface area is 78.9 Å². The Morgan fingerprint density at radius 3 is 2.54 bits per heavy atom. The predicted molar refractivity (Wildman–Crippen MR) is 51.2 cm³/mol. The summed E-state index contributed by atoms with van der Waals surface area (Å²) in [6.07, 6.45) is 0.824. The van der Waals surface area contributed by atoms with Crippen molar-refractivity contribution in [2.45, 2.75) is 33.3 Å². The van der Waals surface area contributed by atoms with Crippen molar-refractivity contribution in [3.05, 3.63) is 0 Å². The lowest BCUT2D eigenvalue weighted by Crippen LogP contribution is -2.22. The van der Waals surface area contributed by atoms with E-state index in [1.807, 2.05) is 6.92 Å². The molecule has 0 aromatic carbocycles. The van der Waals surface area contributed by atoms with Gasteiger partial charge in [0.2, 0.25) is 0 Å². The summed E-state index contributed by atoms with van der Waals surface area (Å²) in [4.78, 5) is 14.5. The second kappa shape index (κ2) is 5.70. The minimum Gasteiger partial charge on any atom is -0.442 e. The lowest BCUT2D eigenvalue weighted by Gasteiger charge is -2.16. The summed E-state index contributed by atoms with van der Waals surface area (Å²) >= 11 is 0. The SMILES string of the molecule is CCOCC=NC(=O)OC(C)(C)C. The molecule has 0 aliphatic carbocycles. The van der Waals surface area contributed by atoms with Gasteiger partial charge in [0, 0.05) is 12.8 Å². The van der Waals surface area contributed by atoms with Gasteiger partial charge in [-0.25, -0.2) is 4.79 Å². The molecule has 4 heteroatoms. The average molecular weight is 187 g/mol. The number of aliphatic imine (C=N–C) groups is 1.